The number of rotatable bonds is 2. The number of halogens is 3. The molecular formula is C18H13F3O. The van der Waals surface area contributed by atoms with Gasteiger partial charge < -0.3 is 4.74 Å². The average Bonchev–Trinajstić information content (AvgIpc) is 2.53. The fraction of sp³-hybridized carbons (Fsp3) is 0.111. The first kappa shape index (κ1) is 14.4. The first-order valence-corrected chi connectivity index (χ1v) is 6.73. The number of benzene rings is 3. The molecule has 0 N–H and O–H groups in total. The molecule has 112 valence electrons. The monoisotopic (exact) mass is 302 g/mol. The molecule has 0 fully saturated rings. The van der Waals surface area contributed by atoms with Crippen molar-refractivity contribution in [2.45, 2.75) is 6.18 Å². The summed E-state index contributed by atoms with van der Waals surface area (Å²) in [6.07, 6.45) is -4.37. The molecule has 1 nitrogen and oxygen atoms in total. The van der Waals surface area contributed by atoms with Crippen molar-refractivity contribution in [1.29, 1.82) is 0 Å². The lowest BCUT2D eigenvalue weighted by Gasteiger charge is -2.13. The van der Waals surface area contributed by atoms with E-state index in [1.807, 2.05) is 12.1 Å². The predicted octanol–water partition coefficient (Wildman–Crippen LogP) is 5.53. The number of alkyl halides is 3. The van der Waals surface area contributed by atoms with Crippen LogP contribution in [0.15, 0.2) is 60.7 Å². The SMILES string of the molecule is COc1ccc2cc(-c3ccccc3C(F)(F)F)ccc2c1. The van der Waals surface area contributed by atoms with E-state index < -0.39 is 11.7 Å². The third-order valence-electron chi connectivity index (χ3n) is 3.59. The molecule has 0 bridgehead atoms. The summed E-state index contributed by atoms with van der Waals surface area (Å²) in [4.78, 5) is 0. The molecule has 3 aromatic rings. The van der Waals surface area contributed by atoms with Crippen LogP contribution in [0.5, 0.6) is 5.75 Å². The second-order valence-corrected chi connectivity index (χ2v) is 4.97. The number of hydrogen-bond acceptors (Lipinski definition) is 1. The molecule has 4 heteroatoms. The second-order valence-electron chi connectivity index (χ2n) is 4.97. The van der Waals surface area contributed by atoms with E-state index in [1.54, 1.807) is 37.4 Å². The highest BCUT2D eigenvalue weighted by atomic mass is 19.4. The summed E-state index contributed by atoms with van der Waals surface area (Å²) < 4.78 is 44.5. The van der Waals surface area contributed by atoms with E-state index in [0.29, 0.717) is 5.56 Å². The Labute approximate surface area is 126 Å². The standard InChI is InChI=1S/C18H13F3O/c1-22-15-9-8-12-10-14(7-6-13(12)11-15)16-4-2-3-5-17(16)18(19,20)21/h2-11H,1H3. The summed E-state index contributed by atoms with van der Waals surface area (Å²) in [6, 6.07) is 16.4. The van der Waals surface area contributed by atoms with Crippen molar-refractivity contribution in [2.75, 3.05) is 7.11 Å². The Bertz CT molecular complexity index is 822. The summed E-state index contributed by atoms with van der Waals surface area (Å²) in [6.45, 7) is 0. The maximum Gasteiger partial charge on any atom is 0.417 e. The van der Waals surface area contributed by atoms with Gasteiger partial charge in [0.2, 0.25) is 0 Å². The Kier molecular flexibility index (Phi) is 3.53. The van der Waals surface area contributed by atoms with Crippen LogP contribution < -0.4 is 4.74 Å². The van der Waals surface area contributed by atoms with Gasteiger partial charge in [0.1, 0.15) is 5.75 Å². The lowest BCUT2D eigenvalue weighted by Crippen LogP contribution is -2.06. The van der Waals surface area contributed by atoms with Gasteiger partial charge in [0.25, 0.3) is 0 Å². The van der Waals surface area contributed by atoms with Gasteiger partial charge >= 0.3 is 6.18 Å². The number of hydrogen-bond donors (Lipinski definition) is 0. The van der Waals surface area contributed by atoms with E-state index in [1.165, 1.54) is 12.1 Å². The molecule has 0 atom stereocenters. The Morgan fingerprint density at radius 1 is 0.818 bits per heavy atom. The Balaban J connectivity index is 2.15. The largest absolute Gasteiger partial charge is 0.497 e. The molecule has 0 spiro atoms. The zero-order chi connectivity index (χ0) is 15.7. The van der Waals surface area contributed by atoms with Crippen LogP contribution >= 0.6 is 0 Å². The van der Waals surface area contributed by atoms with Gasteiger partial charge in [-0.05, 0) is 46.2 Å². The van der Waals surface area contributed by atoms with Gasteiger partial charge in [-0.15, -0.1) is 0 Å². The first-order chi connectivity index (χ1) is 10.5. The van der Waals surface area contributed by atoms with E-state index in [-0.39, 0.29) is 5.56 Å². The lowest BCUT2D eigenvalue weighted by atomic mass is 9.97. The smallest absolute Gasteiger partial charge is 0.417 e. The highest BCUT2D eigenvalue weighted by Gasteiger charge is 2.33. The minimum absolute atomic E-state index is 0.188. The van der Waals surface area contributed by atoms with Crippen molar-refractivity contribution >= 4 is 10.8 Å². The highest BCUT2D eigenvalue weighted by Crippen LogP contribution is 2.37. The molecule has 0 saturated heterocycles. The normalized spacial score (nSPS) is 11.6. The molecule has 0 radical (unpaired) electrons. The van der Waals surface area contributed by atoms with Crippen LogP contribution in [0.4, 0.5) is 13.2 Å². The van der Waals surface area contributed by atoms with E-state index in [4.69, 9.17) is 4.74 Å². The molecule has 3 aromatic carbocycles. The maximum absolute atomic E-state index is 13.1. The Morgan fingerprint density at radius 3 is 2.23 bits per heavy atom. The minimum Gasteiger partial charge on any atom is -0.497 e. The molecule has 0 heterocycles. The summed E-state index contributed by atoms with van der Waals surface area (Å²) in [7, 11) is 1.58. The van der Waals surface area contributed by atoms with Crippen LogP contribution in [-0.2, 0) is 6.18 Å². The van der Waals surface area contributed by atoms with Gasteiger partial charge in [-0.25, -0.2) is 0 Å². The molecule has 3 rings (SSSR count). The Morgan fingerprint density at radius 2 is 1.50 bits per heavy atom. The zero-order valence-corrected chi connectivity index (χ0v) is 11.8. The molecule has 0 saturated carbocycles. The van der Waals surface area contributed by atoms with Gasteiger partial charge in [-0.2, -0.15) is 13.2 Å². The van der Waals surface area contributed by atoms with Crippen molar-refractivity contribution in [2.24, 2.45) is 0 Å². The summed E-state index contributed by atoms with van der Waals surface area (Å²) in [5.74, 6) is 0.718. The van der Waals surface area contributed by atoms with Gasteiger partial charge in [0.15, 0.2) is 0 Å². The van der Waals surface area contributed by atoms with Crippen LogP contribution in [-0.4, -0.2) is 7.11 Å². The van der Waals surface area contributed by atoms with Gasteiger partial charge in [-0.3, -0.25) is 0 Å². The summed E-state index contributed by atoms with van der Waals surface area (Å²) >= 11 is 0. The van der Waals surface area contributed by atoms with Gasteiger partial charge in [0, 0.05) is 0 Å². The van der Waals surface area contributed by atoms with E-state index in [2.05, 4.69) is 0 Å². The maximum atomic E-state index is 13.1. The van der Waals surface area contributed by atoms with Gasteiger partial charge in [-0.1, -0.05) is 36.4 Å². The van der Waals surface area contributed by atoms with Crippen LogP contribution in [0.2, 0.25) is 0 Å². The molecular weight excluding hydrogens is 289 g/mol. The number of methoxy groups -OCH3 is 1. The minimum atomic E-state index is -4.37. The Hall–Kier alpha value is -2.49. The number of ether oxygens (including phenoxy) is 1. The molecule has 0 aliphatic heterocycles. The quantitative estimate of drug-likeness (QED) is 0.604. The highest BCUT2D eigenvalue weighted by molar-refractivity contribution is 5.88. The summed E-state index contributed by atoms with van der Waals surface area (Å²) in [5.41, 5.74) is 0.112. The van der Waals surface area contributed by atoms with E-state index in [0.717, 1.165) is 22.6 Å². The third-order valence-corrected chi connectivity index (χ3v) is 3.59. The van der Waals surface area contributed by atoms with Crippen LogP contribution in [0, 0.1) is 0 Å². The van der Waals surface area contributed by atoms with Gasteiger partial charge in [0.05, 0.1) is 12.7 Å². The molecule has 0 aromatic heterocycles. The van der Waals surface area contributed by atoms with Crippen LogP contribution in [0.3, 0.4) is 0 Å². The molecule has 0 unspecified atom stereocenters. The third kappa shape index (κ3) is 2.64. The fourth-order valence-electron chi connectivity index (χ4n) is 2.50. The van der Waals surface area contributed by atoms with E-state index in [9.17, 15) is 13.2 Å². The molecule has 0 aliphatic carbocycles. The van der Waals surface area contributed by atoms with Crippen molar-refractivity contribution in [3.8, 4) is 16.9 Å². The van der Waals surface area contributed by atoms with Crippen molar-refractivity contribution in [3.63, 3.8) is 0 Å². The predicted molar refractivity (Wildman–Crippen MR) is 80.9 cm³/mol. The van der Waals surface area contributed by atoms with Crippen molar-refractivity contribution in [1.82, 2.24) is 0 Å². The summed E-state index contributed by atoms with van der Waals surface area (Å²) in [5, 5.41) is 1.79. The fourth-order valence-corrected chi connectivity index (χ4v) is 2.50. The molecule has 0 aliphatic rings. The first-order valence-electron chi connectivity index (χ1n) is 6.73. The zero-order valence-electron chi connectivity index (χ0n) is 11.8. The molecule has 22 heavy (non-hydrogen) atoms. The van der Waals surface area contributed by atoms with Crippen molar-refractivity contribution < 1.29 is 17.9 Å². The second kappa shape index (κ2) is 5.37. The lowest BCUT2D eigenvalue weighted by molar-refractivity contribution is -0.137. The van der Waals surface area contributed by atoms with Crippen molar-refractivity contribution in [3.05, 3.63) is 66.2 Å². The average molecular weight is 302 g/mol. The number of fused-ring (bicyclic) bond motifs is 1. The van der Waals surface area contributed by atoms with E-state index >= 15 is 0 Å². The molecule has 0 amide bonds. The van der Waals surface area contributed by atoms with Crippen LogP contribution in [0.1, 0.15) is 5.56 Å². The topological polar surface area (TPSA) is 9.23 Å². The van der Waals surface area contributed by atoms with Crippen LogP contribution in [0.25, 0.3) is 21.9 Å².